The van der Waals surface area contributed by atoms with Crippen molar-refractivity contribution in [3.05, 3.63) is 187 Å². The highest BCUT2D eigenvalue weighted by Crippen LogP contribution is 2.40. The monoisotopic (exact) mass is 699 g/mol. The molecule has 0 bridgehead atoms. The quantitative estimate of drug-likeness (QED) is 0.184. The molecule has 11 rings (SSSR count). The van der Waals surface area contributed by atoms with E-state index < -0.39 is 0 Å². The average molecular weight is 700 g/mol. The second-order valence-corrected chi connectivity index (χ2v) is 14.0. The number of nitrogens with zero attached hydrogens (tertiary/aromatic N) is 5. The molecule has 0 atom stereocenters. The Morgan fingerprint density at radius 3 is 1.51 bits per heavy atom. The summed E-state index contributed by atoms with van der Waals surface area (Å²) in [5, 5.41) is 26.9. The number of nitriles is 2. The van der Waals surface area contributed by atoms with Crippen molar-refractivity contribution in [2.75, 3.05) is 0 Å². The lowest BCUT2D eigenvalue weighted by Crippen LogP contribution is -1.99. The fourth-order valence-corrected chi connectivity index (χ4v) is 8.77. The van der Waals surface area contributed by atoms with Crippen molar-refractivity contribution in [3.8, 4) is 40.3 Å². The van der Waals surface area contributed by atoms with Gasteiger partial charge in [-0.15, -0.1) is 0 Å². The van der Waals surface area contributed by atoms with Gasteiger partial charge in [0, 0.05) is 49.3 Å². The molecule has 0 aliphatic rings. The minimum atomic E-state index is 0.571. The lowest BCUT2D eigenvalue weighted by molar-refractivity contribution is 1.15. The van der Waals surface area contributed by atoms with Crippen molar-refractivity contribution in [2.45, 2.75) is 0 Å². The highest BCUT2D eigenvalue weighted by atomic mass is 15.0. The van der Waals surface area contributed by atoms with Gasteiger partial charge in [-0.3, -0.25) is 0 Å². The number of aromatic nitrogens is 3. The van der Waals surface area contributed by atoms with Crippen LogP contribution in [0.5, 0.6) is 0 Å². The third-order valence-corrected chi connectivity index (χ3v) is 11.1. The first-order valence-corrected chi connectivity index (χ1v) is 18.3. The third-order valence-electron chi connectivity index (χ3n) is 11.1. The van der Waals surface area contributed by atoms with Crippen LogP contribution in [0, 0.1) is 22.7 Å². The SMILES string of the molecule is N#Cc1ccc(-c2ccc(-n3c4ccccc4c4ccc(-n5c6ccccc6c6ccccc65)cc43)cc2)c(-n2c3ccccc3c3c(C#N)cccc32)c1. The van der Waals surface area contributed by atoms with Crippen LogP contribution in [-0.4, -0.2) is 13.7 Å². The first kappa shape index (κ1) is 30.7. The highest BCUT2D eigenvalue weighted by molar-refractivity contribution is 6.13. The molecule has 0 spiro atoms. The predicted octanol–water partition coefficient (Wildman–Crippen LogP) is 12.4. The van der Waals surface area contributed by atoms with Gasteiger partial charge < -0.3 is 13.7 Å². The van der Waals surface area contributed by atoms with Crippen molar-refractivity contribution in [3.63, 3.8) is 0 Å². The highest BCUT2D eigenvalue weighted by Gasteiger charge is 2.20. The fraction of sp³-hybridized carbons (Fsp3) is 0. The maximum atomic E-state index is 10.1. The molecule has 0 amide bonds. The molecule has 0 radical (unpaired) electrons. The molecule has 0 fully saturated rings. The van der Waals surface area contributed by atoms with E-state index >= 15 is 0 Å². The van der Waals surface area contributed by atoms with E-state index in [4.69, 9.17) is 0 Å². The maximum Gasteiger partial charge on any atom is 0.0998 e. The number of benzene rings is 8. The van der Waals surface area contributed by atoms with Crippen LogP contribution in [0.25, 0.3) is 93.6 Å². The molecule has 8 aromatic carbocycles. The minimum Gasteiger partial charge on any atom is -0.309 e. The van der Waals surface area contributed by atoms with E-state index in [9.17, 15) is 10.5 Å². The number of hydrogen-bond donors (Lipinski definition) is 0. The zero-order valence-electron chi connectivity index (χ0n) is 29.5. The van der Waals surface area contributed by atoms with Crippen molar-refractivity contribution in [2.24, 2.45) is 0 Å². The van der Waals surface area contributed by atoms with E-state index in [1.54, 1.807) is 0 Å². The molecular formula is C50H29N5. The average Bonchev–Trinajstić information content (AvgIpc) is 3.89. The number of fused-ring (bicyclic) bond motifs is 9. The van der Waals surface area contributed by atoms with Crippen LogP contribution < -0.4 is 0 Å². The summed E-state index contributed by atoms with van der Waals surface area (Å²) in [4.78, 5) is 0. The molecule has 0 unspecified atom stereocenters. The van der Waals surface area contributed by atoms with Gasteiger partial charge in [0.2, 0.25) is 0 Å². The maximum absolute atomic E-state index is 10.1. The Kier molecular flexibility index (Phi) is 6.61. The summed E-state index contributed by atoms with van der Waals surface area (Å²) < 4.78 is 6.93. The lowest BCUT2D eigenvalue weighted by atomic mass is 10.0. The zero-order valence-corrected chi connectivity index (χ0v) is 29.5. The van der Waals surface area contributed by atoms with Gasteiger partial charge in [0.15, 0.2) is 0 Å². The molecule has 0 aliphatic carbocycles. The number of hydrogen-bond acceptors (Lipinski definition) is 2. The summed E-state index contributed by atoms with van der Waals surface area (Å²) >= 11 is 0. The van der Waals surface area contributed by atoms with Gasteiger partial charge in [-0.2, -0.15) is 10.5 Å². The summed E-state index contributed by atoms with van der Waals surface area (Å²) in [7, 11) is 0. The number of para-hydroxylation sites is 4. The first-order valence-electron chi connectivity index (χ1n) is 18.3. The molecular weight excluding hydrogens is 671 g/mol. The van der Waals surface area contributed by atoms with Crippen molar-refractivity contribution >= 4 is 65.4 Å². The Morgan fingerprint density at radius 1 is 0.364 bits per heavy atom. The van der Waals surface area contributed by atoms with Crippen molar-refractivity contribution in [1.82, 2.24) is 13.7 Å². The number of rotatable bonds is 4. The lowest BCUT2D eigenvalue weighted by Gasteiger charge is -2.16. The van der Waals surface area contributed by atoms with Crippen LogP contribution >= 0.6 is 0 Å². The molecule has 11 aromatic rings. The van der Waals surface area contributed by atoms with Crippen LogP contribution in [0.1, 0.15) is 11.1 Å². The van der Waals surface area contributed by atoms with E-state index in [-0.39, 0.29) is 0 Å². The van der Waals surface area contributed by atoms with Gasteiger partial charge in [-0.25, -0.2) is 0 Å². The molecule has 0 saturated carbocycles. The van der Waals surface area contributed by atoms with Crippen LogP contribution in [-0.2, 0) is 0 Å². The van der Waals surface area contributed by atoms with Gasteiger partial charge in [-0.1, -0.05) is 103 Å². The van der Waals surface area contributed by atoms with Gasteiger partial charge >= 0.3 is 0 Å². The standard InChI is InChI=1S/C50H29N5/c51-30-32-20-26-37(48(28-32)55-46-18-8-4-14-42(46)50-34(31-52)10-9-19-47(50)55)33-21-23-35(24-22-33)53-43-15-5-3-13-40(43)41-27-25-36(29-49(41)53)54-44-16-6-1-11-38(44)39-12-2-7-17-45(39)54/h1-29H. The Hall–Kier alpha value is -7.86. The minimum absolute atomic E-state index is 0.571. The van der Waals surface area contributed by atoms with E-state index in [2.05, 4.69) is 159 Å². The Bertz CT molecular complexity index is 3400. The third kappa shape index (κ3) is 4.45. The van der Waals surface area contributed by atoms with Crippen LogP contribution in [0.2, 0.25) is 0 Å². The molecule has 0 saturated heterocycles. The van der Waals surface area contributed by atoms with Crippen LogP contribution in [0.15, 0.2) is 176 Å². The van der Waals surface area contributed by atoms with Gasteiger partial charge in [0.25, 0.3) is 0 Å². The summed E-state index contributed by atoms with van der Waals surface area (Å²) in [5.41, 5.74) is 12.8. The molecule has 55 heavy (non-hydrogen) atoms. The molecule has 3 aromatic heterocycles. The molecule has 0 N–H and O–H groups in total. The normalized spacial score (nSPS) is 11.6. The van der Waals surface area contributed by atoms with E-state index in [0.29, 0.717) is 11.1 Å². The van der Waals surface area contributed by atoms with E-state index in [0.717, 1.165) is 61.0 Å². The molecule has 3 heterocycles. The second kappa shape index (κ2) is 11.8. The summed E-state index contributed by atoms with van der Waals surface area (Å²) in [6.07, 6.45) is 0. The summed E-state index contributed by atoms with van der Waals surface area (Å²) in [6, 6.07) is 66.0. The second-order valence-electron chi connectivity index (χ2n) is 14.0. The largest absolute Gasteiger partial charge is 0.309 e. The van der Waals surface area contributed by atoms with Gasteiger partial charge in [0.05, 0.1) is 62.1 Å². The van der Waals surface area contributed by atoms with Crippen LogP contribution in [0.3, 0.4) is 0 Å². The van der Waals surface area contributed by atoms with E-state index in [1.165, 1.54) is 32.6 Å². The van der Waals surface area contributed by atoms with Gasteiger partial charge in [0.1, 0.15) is 0 Å². The molecule has 5 heteroatoms. The Morgan fingerprint density at radius 2 is 0.891 bits per heavy atom. The summed E-state index contributed by atoms with van der Waals surface area (Å²) in [5.74, 6) is 0. The predicted molar refractivity (Wildman–Crippen MR) is 224 cm³/mol. The Balaban J connectivity index is 1.11. The van der Waals surface area contributed by atoms with E-state index in [1.807, 2.05) is 42.5 Å². The zero-order chi connectivity index (χ0) is 36.6. The molecule has 5 nitrogen and oxygen atoms in total. The first-order chi connectivity index (χ1) is 27.2. The molecule has 254 valence electrons. The van der Waals surface area contributed by atoms with Gasteiger partial charge in [-0.05, 0) is 78.4 Å². The summed E-state index contributed by atoms with van der Waals surface area (Å²) in [6.45, 7) is 0. The molecule has 0 aliphatic heterocycles. The fourth-order valence-electron chi connectivity index (χ4n) is 8.77. The van der Waals surface area contributed by atoms with Crippen molar-refractivity contribution < 1.29 is 0 Å². The topological polar surface area (TPSA) is 62.4 Å². The smallest absolute Gasteiger partial charge is 0.0998 e. The Labute approximate surface area is 316 Å². The van der Waals surface area contributed by atoms with Crippen LogP contribution in [0.4, 0.5) is 0 Å². The van der Waals surface area contributed by atoms with Crippen molar-refractivity contribution in [1.29, 1.82) is 10.5 Å².